The first-order valence-electron chi connectivity index (χ1n) is 12.6. The molecule has 2 atom stereocenters. The number of benzene rings is 2. The van der Waals surface area contributed by atoms with E-state index in [4.69, 9.17) is 15.2 Å². The lowest BCUT2D eigenvalue weighted by Crippen LogP contribution is -2.49. The van der Waals surface area contributed by atoms with E-state index >= 15 is 4.39 Å². The van der Waals surface area contributed by atoms with Gasteiger partial charge in [0.05, 0.1) is 18.2 Å². The van der Waals surface area contributed by atoms with Crippen molar-refractivity contribution in [1.29, 1.82) is 0 Å². The number of halogens is 1. The van der Waals surface area contributed by atoms with Crippen LogP contribution in [-0.4, -0.2) is 66.8 Å². The highest BCUT2D eigenvalue weighted by molar-refractivity contribution is 5.91. The number of aromatic nitrogens is 1. The maximum atomic E-state index is 15.1. The fourth-order valence-electron chi connectivity index (χ4n) is 4.55. The molecule has 3 aromatic rings. The first-order chi connectivity index (χ1) is 18.8. The number of amides is 3. The topological polar surface area (TPSA) is 118 Å². The van der Waals surface area contributed by atoms with Gasteiger partial charge in [-0.2, -0.15) is 0 Å². The monoisotopic (exact) mass is 533 g/mol. The Kier molecular flexibility index (Phi) is 7.31. The van der Waals surface area contributed by atoms with Gasteiger partial charge in [0.1, 0.15) is 23.5 Å². The molecule has 2 unspecified atom stereocenters. The van der Waals surface area contributed by atoms with Crippen molar-refractivity contribution in [1.82, 2.24) is 9.88 Å². The largest absolute Gasteiger partial charge is 0.443 e. The van der Waals surface area contributed by atoms with Crippen molar-refractivity contribution in [3.63, 3.8) is 0 Å². The van der Waals surface area contributed by atoms with Gasteiger partial charge in [-0.05, 0) is 49.4 Å². The van der Waals surface area contributed by atoms with Gasteiger partial charge in [-0.15, -0.1) is 0 Å². The molecule has 2 saturated heterocycles. The molecule has 2 aliphatic rings. The van der Waals surface area contributed by atoms with E-state index in [1.807, 2.05) is 24.3 Å². The van der Waals surface area contributed by atoms with Crippen LogP contribution < -0.4 is 20.3 Å². The Morgan fingerprint density at radius 1 is 1.08 bits per heavy atom. The molecule has 2 aliphatic heterocycles. The molecule has 0 spiro atoms. The number of primary amides is 1. The van der Waals surface area contributed by atoms with Gasteiger partial charge in [-0.3, -0.25) is 9.69 Å². The van der Waals surface area contributed by atoms with Crippen molar-refractivity contribution in [2.45, 2.75) is 13.0 Å². The summed E-state index contributed by atoms with van der Waals surface area (Å²) in [5.74, 6) is -0.518. The third-order valence-electron chi connectivity index (χ3n) is 6.98. The average molecular weight is 534 g/mol. The minimum atomic E-state index is -0.689. The molecule has 0 aliphatic carbocycles. The molecule has 0 bridgehead atoms. The summed E-state index contributed by atoms with van der Waals surface area (Å²) in [5, 5.41) is 0. The number of para-hydroxylation sites is 1. The number of rotatable bonds is 6. The number of nitrogens with zero attached hydrogens (tertiary/aromatic N) is 4. The highest BCUT2D eigenvalue weighted by Gasteiger charge is 2.38. The molecule has 39 heavy (non-hydrogen) atoms. The molecule has 2 aromatic carbocycles. The summed E-state index contributed by atoms with van der Waals surface area (Å²) in [4.78, 5) is 45.7. The number of nitrogens with two attached hydrogens (primary N) is 1. The molecule has 5 rings (SSSR count). The Balaban J connectivity index is 1.20. The van der Waals surface area contributed by atoms with Crippen LogP contribution >= 0.6 is 0 Å². The zero-order valence-electron chi connectivity index (χ0n) is 21.3. The molecule has 1 aromatic heterocycles. The summed E-state index contributed by atoms with van der Waals surface area (Å²) >= 11 is 0. The Morgan fingerprint density at radius 3 is 2.46 bits per heavy atom. The highest BCUT2D eigenvalue weighted by Crippen LogP contribution is 2.31. The number of hydrogen-bond donors (Lipinski definition) is 1. The highest BCUT2D eigenvalue weighted by atomic mass is 19.1. The molecule has 11 heteroatoms. The predicted molar refractivity (Wildman–Crippen MR) is 142 cm³/mol. The van der Waals surface area contributed by atoms with Crippen LogP contribution in [0.5, 0.6) is 5.75 Å². The summed E-state index contributed by atoms with van der Waals surface area (Å²) in [7, 11) is 0. The zero-order valence-corrected chi connectivity index (χ0v) is 21.3. The lowest BCUT2D eigenvalue weighted by atomic mass is 10.0. The van der Waals surface area contributed by atoms with E-state index in [9.17, 15) is 14.4 Å². The normalized spacial score (nSPS) is 18.1. The summed E-state index contributed by atoms with van der Waals surface area (Å²) < 4.78 is 25.7. The summed E-state index contributed by atoms with van der Waals surface area (Å²) in [6.07, 6.45) is -0.133. The van der Waals surface area contributed by atoms with Crippen LogP contribution in [-0.2, 0) is 9.53 Å². The second-order valence-electron chi connectivity index (χ2n) is 9.45. The van der Waals surface area contributed by atoms with Gasteiger partial charge >= 0.3 is 12.2 Å². The first-order valence-corrected chi connectivity index (χ1v) is 12.6. The number of cyclic esters (lactones) is 1. The van der Waals surface area contributed by atoms with Crippen LogP contribution in [0.15, 0.2) is 66.9 Å². The van der Waals surface area contributed by atoms with Crippen LogP contribution in [0.25, 0.3) is 11.1 Å². The standard InChI is InChI=1S/C28H28FN5O5/c1-18(26(30)35)24-17-34(28(37)39-24)20-8-9-22(23(29)15-20)19-7-10-25(31-16-19)32-11-13-33(14-12-32)27(36)38-21-5-3-2-4-6-21/h2-10,15-16,18,24H,11-14,17H2,1H3,(H2,30,35). The van der Waals surface area contributed by atoms with E-state index in [0.717, 1.165) is 5.82 Å². The van der Waals surface area contributed by atoms with Gasteiger partial charge in [0.15, 0.2) is 0 Å². The lowest BCUT2D eigenvalue weighted by molar-refractivity contribution is -0.123. The summed E-state index contributed by atoms with van der Waals surface area (Å²) in [5.41, 5.74) is 6.56. The van der Waals surface area contributed by atoms with E-state index in [-0.39, 0.29) is 12.6 Å². The molecule has 10 nitrogen and oxygen atoms in total. The molecular formula is C28H28FN5O5. The first kappa shape index (κ1) is 26.0. The minimum absolute atomic E-state index is 0.106. The molecule has 2 fully saturated rings. The van der Waals surface area contributed by atoms with Crippen molar-refractivity contribution in [2.24, 2.45) is 11.7 Å². The molecule has 2 N–H and O–H groups in total. The van der Waals surface area contributed by atoms with Crippen molar-refractivity contribution < 1.29 is 28.2 Å². The summed E-state index contributed by atoms with van der Waals surface area (Å²) in [6, 6.07) is 17.0. The summed E-state index contributed by atoms with van der Waals surface area (Å²) in [6.45, 7) is 3.84. The number of carbonyl (C=O) groups is 3. The van der Waals surface area contributed by atoms with E-state index < -0.39 is 29.8 Å². The Hall–Kier alpha value is -4.67. The molecule has 3 heterocycles. The Bertz CT molecular complexity index is 1360. The molecular weight excluding hydrogens is 505 g/mol. The van der Waals surface area contributed by atoms with Gasteiger partial charge in [-0.1, -0.05) is 18.2 Å². The van der Waals surface area contributed by atoms with Crippen molar-refractivity contribution in [3.8, 4) is 16.9 Å². The number of hydrogen-bond acceptors (Lipinski definition) is 7. The van der Waals surface area contributed by atoms with Gasteiger partial charge in [0.2, 0.25) is 5.91 Å². The number of anilines is 2. The fraction of sp³-hybridized carbons (Fsp3) is 0.286. The zero-order chi connectivity index (χ0) is 27.5. The second-order valence-corrected chi connectivity index (χ2v) is 9.45. The van der Waals surface area contributed by atoms with Crippen molar-refractivity contribution in [3.05, 3.63) is 72.7 Å². The van der Waals surface area contributed by atoms with Gasteiger partial charge in [0, 0.05) is 43.5 Å². The average Bonchev–Trinajstić information content (AvgIpc) is 3.34. The third-order valence-corrected chi connectivity index (χ3v) is 6.98. The van der Waals surface area contributed by atoms with E-state index in [2.05, 4.69) is 9.88 Å². The van der Waals surface area contributed by atoms with Crippen LogP contribution in [0.4, 0.5) is 25.5 Å². The van der Waals surface area contributed by atoms with Crippen LogP contribution in [0.1, 0.15) is 6.92 Å². The van der Waals surface area contributed by atoms with Gasteiger partial charge in [0.25, 0.3) is 0 Å². The number of carbonyl (C=O) groups excluding carboxylic acids is 3. The predicted octanol–water partition coefficient (Wildman–Crippen LogP) is 3.66. The third kappa shape index (κ3) is 5.62. The molecule has 3 amide bonds. The number of piperazine rings is 1. The number of pyridine rings is 1. The second kappa shape index (κ2) is 11.0. The Labute approximate surface area is 224 Å². The maximum absolute atomic E-state index is 15.1. The maximum Gasteiger partial charge on any atom is 0.415 e. The van der Waals surface area contributed by atoms with E-state index in [1.54, 1.807) is 48.4 Å². The SMILES string of the molecule is CC(C(N)=O)C1CN(c2ccc(-c3ccc(N4CCN(C(=O)Oc5ccccc5)CC4)nc3)c(F)c2)C(=O)O1. The van der Waals surface area contributed by atoms with Crippen LogP contribution in [0, 0.1) is 11.7 Å². The minimum Gasteiger partial charge on any atom is -0.443 e. The number of ether oxygens (including phenoxy) is 2. The smallest absolute Gasteiger partial charge is 0.415 e. The van der Waals surface area contributed by atoms with E-state index in [0.29, 0.717) is 48.7 Å². The van der Waals surface area contributed by atoms with Gasteiger partial charge < -0.3 is 25.0 Å². The molecule has 0 radical (unpaired) electrons. The molecule has 0 saturated carbocycles. The van der Waals surface area contributed by atoms with Crippen LogP contribution in [0.3, 0.4) is 0 Å². The molecule has 202 valence electrons. The quantitative estimate of drug-likeness (QED) is 0.514. The fourth-order valence-corrected chi connectivity index (χ4v) is 4.55. The van der Waals surface area contributed by atoms with E-state index in [1.165, 1.54) is 11.0 Å². The Morgan fingerprint density at radius 2 is 1.82 bits per heavy atom. The van der Waals surface area contributed by atoms with Crippen molar-refractivity contribution in [2.75, 3.05) is 42.5 Å². The lowest BCUT2D eigenvalue weighted by Gasteiger charge is -2.34. The van der Waals surface area contributed by atoms with Gasteiger partial charge in [-0.25, -0.2) is 19.0 Å². The van der Waals surface area contributed by atoms with Crippen molar-refractivity contribution >= 4 is 29.6 Å². The van der Waals surface area contributed by atoms with Crippen LogP contribution in [0.2, 0.25) is 0 Å².